The quantitative estimate of drug-likeness (QED) is 0.610. The van der Waals surface area contributed by atoms with Crippen LogP contribution in [0, 0.1) is 0 Å². The van der Waals surface area contributed by atoms with Crippen LogP contribution >= 0.6 is 11.3 Å². The second-order valence-electron chi connectivity index (χ2n) is 6.78. The smallest absolute Gasteiger partial charge is 0.341 e. The number of hydrogen-bond acceptors (Lipinski definition) is 7. The van der Waals surface area contributed by atoms with Crippen molar-refractivity contribution in [2.24, 2.45) is 0 Å². The first-order valence-electron chi connectivity index (χ1n) is 8.37. The molecule has 3 rings (SSSR count). The topological polar surface area (TPSA) is 94.2 Å². The molecule has 0 bridgehead atoms. The van der Waals surface area contributed by atoms with E-state index in [-0.39, 0.29) is 0 Å². The molecule has 1 aromatic heterocycles. The number of anilines is 1. The maximum Gasteiger partial charge on any atom is 0.341 e. The number of nitrogens with zero attached hydrogens (tertiary/aromatic N) is 1. The summed E-state index contributed by atoms with van der Waals surface area (Å²) in [4.78, 5) is 39.3. The fourth-order valence-corrected chi connectivity index (χ4v) is 4.14. The van der Waals surface area contributed by atoms with Gasteiger partial charge in [0.1, 0.15) is 5.00 Å². The van der Waals surface area contributed by atoms with Gasteiger partial charge in [-0.2, -0.15) is 0 Å². The fraction of sp³-hybridized carbons (Fsp3) is 0.588. The SMILES string of the molecule is COC(=O)c1c(NC(=O)C(=O)N2CCOCC2)sc2c1CC(C)(C)OC2. The molecule has 1 N–H and O–H groups in total. The fourth-order valence-electron chi connectivity index (χ4n) is 3.03. The molecule has 1 aromatic rings. The average molecular weight is 382 g/mol. The Bertz CT molecular complexity index is 736. The Morgan fingerprint density at radius 1 is 1.23 bits per heavy atom. The summed E-state index contributed by atoms with van der Waals surface area (Å²) >= 11 is 1.25. The Morgan fingerprint density at radius 3 is 2.58 bits per heavy atom. The minimum Gasteiger partial charge on any atom is -0.465 e. The van der Waals surface area contributed by atoms with E-state index in [0.29, 0.717) is 49.9 Å². The molecule has 0 aliphatic carbocycles. The van der Waals surface area contributed by atoms with Gasteiger partial charge in [0.2, 0.25) is 0 Å². The molecule has 9 heteroatoms. The molecule has 1 fully saturated rings. The van der Waals surface area contributed by atoms with Crippen LogP contribution in [0.5, 0.6) is 0 Å². The van der Waals surface area contributed by atoms with Crippen LogP contribution < -0.4 is 5.32 Å². The van der Waals surface area contributed by atoms with Gasteiger partial charge in [0.05, 0.1) is 38.1 Å². The number of fused-ring (bicyclic) bond motifs is 1. The minimum absolute atomic E-state index is 0.312. The summed E-state index contributed by atoms with van der Waals surface area (Å²) in [5, 5.41) is 2.93. The van der Waals surface area contributed by atoms with Crippen molar-refractivity contribution in [2.45, 2.75) is 32.5 Å². The van der Waals surface area contributed by atoms with Crippen LogP contribution in [0.1, 0.15) is 34.6 Å². The summed E-state index contributed by atoms with van der Waals surface area (Å²) in [6.07, 6.45) is 0.524. The standard InChI is InChI=1S/C17H22N2O6S/c1-17(2)8-10-11(9-25-17)26-14(12(10)16(22)23-3)18-13(20)15(21)19-4-6-24-7-5-19/h4-9H2,1-3H3,(H,18,20). The Morgan fingerprint density at radius 2 is 1.92 bits per heavy atom. The lowest BCUT2D eigenvalue weighted by atomic mass is 9.93. The molecule has 3 heterocycles. The maximum atomic E-state index is 12.4. The summed E-state index contributed by atoms with van der Waals surface area (Å²) < 4.78 is 15.9. The summed E-state index contributed by atoms with van der Waals surface area (Å²) in [6.45, 7) is 5.80. The monoisotopic (exact) mass is 382 g/mol. The number of carbonyl (C=O) groups excluding carboxylic acids is 3. The van der Waals surface area contributed by atoms with Crippen LogP contribution in [0.25, 0.3) is 0 Å². The van der Waals surface area contributed by atoms with Crippen molar-refractivity contribution in [1.82, 2.24) is 4.90 Å². The Kier molecular flexibility index (Phi) is 5.31. The first kappa shape index (κ1) is 18.8. The molecule has 2 aliphatic rings. The lowest BCUT2D eigenvalue weighted by Gasteiger charge is -2.30. The van der Waals surface area contributed by atoms with Crippen LogP contribution in [-0.2, 0) is 36.8 Å². The molecule has 0 radical (unpaired) electrons. The van der Waals surface area contributed by atoms with Crippen molar-refractivity contribution in [3.63, 3.8) is 0 Å². The minimum atomic E-state index is -0.768. The number of carbonyl (C=O) groups is 3. The molecule has 2 aliphatic heterocycles. The van der Waals surface area contributed by atoms with Crippen molar-refractivity contribution in [1.29, 1.82) is 0 Å². The Hall–Kier alpha value is -1.97. The predicted octanol–water partition coefficient (Wildman–Crippen LogP) is 1.18. The van der Waals surface area contributed by atoms with Gasteiger partial charge >= 0.3 is 17.8 Å². The van der Waals surface area contributed by atoms with Crippen LogP contribution in [0.3, 0.4) is 0 Å². The summed E-state index contributed by atoms with van der Waals surface area (Å²) in [7, 11) is 1.29. The molecule has 8 nitrogen and oxygen atoms in total. The first-order chi connectivity index (χ1) is 12.3. The van der Waals surface area contributed by atoms with Crippen molar-refractivity contribution in [3.05, 3.63) is 16.0 Å². The van der Waals surface area contributed by atoms with E-state index < -0.39 is 23.4 Å². The van der Waals surface area contributed by atoms with Gasteiger partial charge in [0.15, 0.2) is 0 Å². The number of hydrogen-bond donors (Lipinski definition) is 1. The van der Waals surface area contributed by atoms with Crippen molar-refractivity contribution < 1.29 is 28.6 Å². The van der Waals surface area contributed by atoms with Gasteiger partial charge in [-0.25, -0.2) is 4.79 Å². The molecule has 142 valence electrons. The van der Waals surface area contributed by atoms with Crippen molar-refractivity contribution >= 4 is 34.1 Å². The highest BCUT2D eigenvalue weighted by Gasteiger charge is 2.35. The van der Waals surface area contributed by atoms with Gasteiger partial charge < -0.3 is 24.4 Å². The third-order valence-electron chi connectivity index (χ3n) is 4.40. The summed E-state index contributed by atoms with van der Waals surface area (Å²) in [5.74, 6) is -1.93. The van der Waals surface area contributed by atoms with E-state index in [2.05, 4.69) is 5.32 Å². The number of ether oxygens (including phenoxy) is 3. The largest absolute Gasteiger partial charge is 0.465 e. The number of amides is 2. The van der Waals surface area contributed by atoms with Gasteiger partial charge in [0.25, 0.3) is 0 Å². The highest BCUT2D eigenvalue weighted by molar-refractivity contribution is 7.17. The number of methoxy groups -OCH3 is 1. The van der Waals surface area contributed by atoms with Gasteiger partial charge in [-0.15, -0.1) is 11.3 Å². The van der Waals surface area contributed by atoms with E-state index in [0.717, 1.165) is 10.4 Å². The van der Waals surface area contributed by atoms with Crippen LogP contribution in [-0.4, -0.2) is 61.7 Å². The molecule has 0 atom stereocenters. The zero-order valence-electron chi connectivity index (χ0n) is 15.0. The molecule has 1 saturated heterocycles. The van der Waals surface area contributed by atoms with Crippen LogP contribution in [0.15, 0.2) is 0 Å². The third kappa shape index (κ3) is 3.74. The number of morpholine rings is 1. The molecule has 0 spiro atoms. The van der Waals surface area contributed by atoms with E-state index in [9.17, 15) is 14.4 Å². The van der Waals surface area contributed by atoms with E-state index in [4.69, 9.17) is 14.2 Å². The molecular formula is C17H22N2O6S. The normalized spacial score (nSPS) is 18.8. The van der Waals surface area contributed by atoms with Gasteiger partial charge in [0, 0.05) is 24.4 Å². The second kappa shape index (κ2) is 7.34. The van der Waals surface area contributed by atoms with Crippen LogP contribution in [0.2, 0.25) is 0 Å². The van der Waals surface area contributed by atoms with E-state index >= 15 is 0 Å². The Labute approximate surface area is 155 Å². The number of rotatable bonds is 2. The lowest BCUT2D eigenvalue weighted by Crippen LogP contribution is -2.45. The molecule has 0 unspecified atom stereocenters. The number of nitrogens with one attached hydrogen (secondary N) is 1. The highest BCUT2D eigenvalue weighted by Crippen LogP contribution is 2.40. The number of esters is 1. The molecule has 2 amide bonds. The van der Waals surface area contributed by atoms with Crippen LogP contribution in [0.4, 0.5) is 5.00 Å². The van der Waals surface area contributed by atoms with E-state index in [1.165, 1.54) is 23.3 Å². The molecular weight excluding hydrogens is 360 g/mol. The molecule has 0 saturated carbocycles. The van der Waals surface area contributed by atoms with Gasteiger partial charge in [-0.05, 0) is 19.4 Å². The lowest BCUT2D eigenvalue weighted by molar-refractivity contribution is -0.145. The average Bonchev–Trinajstić information content (AvgIpc) is 2.96. The molecule has 0 aromatic carbocycles. The summed E-state index contributed by atoms with van der Waals surface area (Å²) in [5.41, 5.74) is 0.709. The van der Waals surface area contributed by atoms with Gasteiger partial charge in [-0.1, -0.05) is 0 Å². The second-order valence-corrected chi connectivity index (χ2v) is 7.89. The zero-order chi connectivity index (χ0) is 18.9. The highest BCUT2D eigenvalue weighted by atomic mass is 32.1. The van der Waals surface area contributed by atoms with Crippen molar-refractivity contribution in [3.8, 4) is 0 Å². The third-order valence-corrected chi connectivity index (χ3v) is 5.52. The summed E-state index contributed by atoms with van der Waals surface area (Å²) in [6, 6.07) is 0. The maximum absolute atomic E-state index is 12.4. The molecule has 26 heavy (non-hydrogen) atoms. The van der Waals surface area contributed by atoms with Gasteiger partial charge in [-0.3, -0.25) is 9.59 Å². The van der Waals surface area contributed by atoms with Crippen molar-refractivity contribution in [2.75, 3.05) is 38.7 Å². The number of thiophene rings is 1. The zero-order valence-corrected chi connectivity index (χ0v) is 15.9. The predicted molar refractivity (Wildman–Crippen MR) is 94.3 cm³/mol. The first-order valence-corrected chi connectivity index (χ1v) is 9.19. The van der Waals surface area contributed by atoms with E-state index in [1.54, 1.807) is 0 Å². The van der Waals surface area contributed by atoms with E-state index in [1.807, 2.05) is 13.8 Å². The Balaban J connectivity index is 1.85.